The predicted octanol–water partition coefficient (Wildman–Crippen LogP) is 3.96. The summed E-state index contributed by atoms with van der Waals surface area (Å²) in [5, 5.41) is 12.1. The van der Waals surface area contributed by atoms with Crippen LogP contribution in [0.1, 0.15) is 17.5 Å². The first kappa shape index (κ1) is 19.4. The van der Waals surface area contributed by atoms with Crippen molar-refractivity contribution in [2.24, 2.45) is 0 Å². The van der Waals surface area contributed by atoms with E-state index in [1.54, 1.807) is 6.07 Å². The fourth-order valence-corrected chi connectivity index (χ4v) is 2.72. The fourth-order valence-electron chi connectivity index (χ4n) is 2.72. The molecule has 0 aliphatic rings. The quantitative estimate of drug-likeness (QED) is 0.549. The van der Waals surface area contributed by atoms with Crippen molar-refractivity contribution in [1.82, 2.24) is 9.97 Å². The maximum Gasteiger partial charge on any atom is 0.341 e. The van der Waals surface area contributed by atoms with Crippen LogP contribution in [-0.2, 0) is 11.2 Å². The summed E-state index contributed by atoms with van der Waals surface area (Å²) in [5.74, 6) is -0.391. The number of aryl methyl sites for hydroxylation is 2. The van der Waals surface area contributed by atoms with Gasteiger partial charge in [-0.15, -0.1) is 0 Å². The van der Waals surface area contributed by atoms with Crippen LogP contribution in [0.2, 0.25) is 0 Å². The third-order valence-electron chi connectivity index (χ3n) is 4.16. The minimum atomic E-state index is -1.05. The van der Waals surface area contributed by atoms with Gasteiger partial charge in [0.25, 0.3) is 0 Å². The molecule has 3 rings (SSSR count). The number of aliphatic carboxylic acids is 1. The van der Waals surface area contributed by atoms with E-state index in [0.717, 1.165) is 24.0 Å². The average Bonchev–Trinajstić information content (AvgIpc) is 2.71. The number of carbonyl (C=O) groups is 1. The molecule has 0 amide bonds. The molecule has 1 heterocycles. The number of rotatable bonds is 9. The van der Waals surface area contributed by atoms with Gasteiger partial charge in [0.2, 0.25) is 11.8 Å². The first-order valence-corrected chi connectivity index (χ1v) is 9.19. The number of hydrogen-bond acceptors (Lipinski definition) is 5. The van der Waals surface area contributed by atoms with Gasteiger partial charge in [0.05, 0.1) is 5.69 Å². The van der Waals surface area contributed by atoms with Gasteiger partial charge in [-0.3, -0.25) is 0 Å². The summed E-state index contributed by atoms with van der Waals surface area (Å²) in [6.45, 7) is 2.27. The van der Waals surface area contributed by atoms with Crippen molar-refractivity contribution in [1.29, 1.82) is 0 Å². The van der Waals surface area contributed by atoms with Gasteiger partial charge in [-0.05, 0) is 25.3 Å². The Hall–Kier alpha value is -3.41. The summed E-state index contributed by atoms with van der Waals surface area (Å²) >= 11 is 0. The van der Waals surface area contributed by atoms with Crippen molar-refractivity contribution in [3.63, 3.8) is 0 Å². The number of nitrogens with one attached hydrogen (secondary N) is 1. The first-order chi connectivity index (χ1) is 13.6. The summed E-state index contributed by atoms with van der Waals surface area (Å²) in [6, 6.07) is 19.9. The molecule has 0 unspecified atom stereocenters. The molecule has 0 fully saturated rings. The number of carboxylic acid groups (broad SMARTS) is 1. The highest BCUT2D eigenvalue weighted by molar-refractivity contribution is 5.68. The van der Waals surface area contributed by atoms with Crippen LogP contribution in [0, 0.1) is 6.92 Å². The molecule has 144 valence electrons. The lowest BCUT2D eigenvalue weighted by Crippen LogP contribution is -2.12. The highest BCUT2D eigenvalue weighted by Crippen LogP contribution is 2.23. The van der Waals surface area contributed by atoms with Gasteiger partial charge in [0.15, 0.2) is 6.61 Å². The van der Waals surface area contributed by atoms with Gasteiger partial charge in [0, 0.05) is 18.2 Å². The SMILES string of the molecule is Cc1ccc(-c2cc(OCC(=O)O)nc(NCCCc3ccccc3)n2)cc1. The summed E-state index contributed by atoms with van der Waals surface area (Å²) in [5.41, 5.74) is 4.03. The van der Waals surface area contributed by atoms with Crippen LogP contribution in [-0.4, -0.2) is 34.2 Å². The van der Waals surface area contributed by atoms with E-state index < -0.39 is 12.6 Å². The summed E-state index contributed by atoms with van der Waals surface area (Å²) < 4.78 is 5.28. The van der Waals surface area contributed by atoms with E-state index in [4.69, 9.17) is 9.84 Å². The van der Waals surface area contributed by atoms with E-state index >= 15 is 0 Å². The topological polar surface area (TPSA) is 84.3 Å². The number of benzene rings is 2. The summed E-state index contributed by atoms with van der Waals surface area (Å²) in [7, 11) is 0. The summed E-state index contributed by atoms with van der Waals surface area (Å²) in [4.78, 5) is 19.7. The van der Waals surface area contributed by atoms with Gasteiger partial charge in [-0.2, -0.15) is 4.98 Å². The fraction of sp³-hybridized carbons (Fsp3) is 0.227. The monoisotopic (exact) mass is 377 g/mol. The van der Waals surface area contributed by atoms with Crippen LogP contribution in [0.15, 0.2) is 60.7 Å². The smallest absolute Gasteiger partial charge is 0.341 e. The van der Waals surface area contributed by atoms with E-state index in [0.29, 0.717) is 18.2 Å². The summed E-state index contributed by atoms with van der Waals surface area (Å²) in [6.07, 6.45) is 1.88. The van der Waals surface area contributed by atoms with E-state index in [9.17, 15) is 4.79 Å². The van der Waals surface area contributed by atoms with Gasteiger partial charge in [0.1, 0.15) is 0 Å². The van der Waals surface area contributed by atoms with E-state index in [1.165, 1.54) is 5.56 Å². The van der Waals surface area contributed by atoms with Crippen molar-refractivity contribution in [2.75, 3.05) is 18.5 Å². The zero-order valence-corrected chi connectivity index (χ0v) is 15.8. The normalized spacial score (nSPS) is 10.5. The second kappa shape index (κ2) is 9.50. The molecule has 0 bridgehead atoms. The van der Waals surface area contributed by atoms with Crippen molar-refractivity contribution in [3.8, 4) is 17.1 Å². The predicted molar refractivity (Wildman–Crippen MR) is 109 cm³/mol. The Bertz CT molecular complexity index is 912. The number of carboxylic acids is 1. The number of anilines is 1. The second-order valence-corrected chi connectivity index (χ2v) is 6.48. The molecule has 0 spiro atoms. The van der Waals surface area contributed by atoms with Gasteiger partial charge in [-0.1, -0.05) is 60.2 Å². The van der Waals surface area contributed by atoms with Crippen LogP contribution >= 0.6 is 0 Å². The number of aromatic nitrogens is 2. The minimum Gasteiger partial charge on any atom is -0.479 e. The molecule has 3 aromatic rings. The molecule has 0 aliphatic heterocycles. The Morgan fingerprint density at radius 3 is 2.54 bits per heavy atom. The maximum atomic E-state index is 10.8. The Kier molecular flexibility index (Phi) is 6.57. The van der Waals surface area contributed by atoms with Crippen molar-refractivity contribution in [3.05, 3.63) is 71.8 Å². The molecule has 2 aromatic carbocycles. The van der Waals surface area contributed by atoms with Crippen molar-refractivity contribution in [2.45, 2.75) is 19.8 Å². The lowest BCUT2D eigenvalue weighted by atomic mass is 10.1. The van der Waals surface area contributed by atoms with E-state index in [2.05, 4.69) is 27.4 Å². The molecular formula is C22H23N3O3. The lowest BCUT2D eigenvalue weighted by molar-refractivity contribution is -0.139. The van der Waals surface area contributed by atoms with Crippen LogP contribution in [0.4, 0.5) is 5.95 Å². The Labute approximate surface area is 164 Å². The minimum absolute atomic E-state index is 0.235. The standard InChI is InChI=1S/C22H23N3O3/c1-16-9-11-18(12-10-16)19-14-20(28-15-21(26)27)25-22(24-19)23-13-5-8-17-6-3-2-4-7-17/h2-4,6-7,9-12,14H,5,8,13,15H2,1H3,(H,26,27)(H,23,24,25). The lowest BCUT2D eigenvalue weighted by Gasteiger charge is -2.10. The maximum absolute atomic E-state index is 10.8. The number of nitrogens with zero attached hydrogens (tertiary/aromatic N) is 2. The molecule has 0 radical (unpaired) electrons. The molecule has 0 saturated heterocycles. The largest absolute Gasteiger partial charge is 0.479 e. The van der Waals surface area contributed by atoms with Crippen molar-refractivity contribution >= 4 is 11.9 Å². The Balaban J connectivity index is 1.70. The number of hydrogen-bond donors (Lipinski definition) is 2. The van der Waals surface area contributed by atoms with E-state index in [-0.39, 0.29) is 5.88 Å². The van der Waals surface area contributed by atoms with Crippen molar-refractivity contribution < 1.29 is 14.6 Å². The van der Waals surface area contributed by atoms with Crippen LogP contribution in [0.5, 0.6) is 5.88 Å². The van der Waals surface area contributed by atoms with Gasteiger partial charge >= 0.3 is 5.97 Å². The highest BCUT2D eigenvalue weighted by atomic mass is 16.5. The zero-order valence-electron chi connectivity index (χ0n) is 15.8. The van der Waals surface area contributed by atoms with Crippen LogP contribution in [0.25, 0.3) is 11.3 Å². The molecule has 1 aromatic heterocycles. The van der Waals surface area contributed by atoms with Crippen LogP contribution in [0.3, 0.4) is 0 Å². The molecule has 0 aliphatic carbocycles. The molecule has 0 saturated carbocycles. The second-order valence-electron chi connectivity index (χ2n) is 6.48. The van der Waals surface area contributed by atoms with Gasteiger partial charge in [-0.25, -0.2) is 9.78 Å². The zero-order chi connectivity index (χ0) is 19.8. The molecule has 28 heavy (non-hydrogen) atoms. The third kappa shape index (κ3) is 5.81. The highest BCUT2D eigenvalue weighted by Gasteiger charge is 2.09. The molecule has 2 N–H and O–H groups in total. The number of ether oxygens (including phenoxy) is 1. The molecule has 6 heteroatoms. The molecule has 0 atom stereocenters. The third-order valence-corrected chi connectivity index (χ3v) is 4.16. The average molecular weight is 377 g/mol. The van der Waals surface area contributed by atoms with Crippen LogP contribution < -0.4 is 10.1 Å². The molecule has 6 nitrogen and oxygen atoms in total. The first-order valence-electron chi connectivity index (χ1n) is 9.19. The molecular weight excluding hydrogens is 354 g/mol. The Morgan fingerprint density at radius 2 is 1.82 bits per heavy atom. The Morgan fingerprint density at radius 1 is 1.07 bits per heavy atom. The van der Waals surface area contributed by atoms with Gasteiger partial charge < -0.3 is 15.2 Å². The van der Waals surface area contributed by atoms with E-state index in [1.807, 2.05) is 49.4 Å².